The maximum Gasteiger partial charge on any atom is 0.176 e. The topological polar surface area (TPSA) is 53.2 Å². The highest BCUT2D eigenvalue weighted by Crippen LogP contribution is 2.31. The molecule has 2 heterocycles. The number of fused-ring (bicyclic) bond motifs is 1. The van der Waals surface area contributed by atoms with Crippen molar-refractivity contribution in [1.82, 2.24) is 9.88 Å². The molecule has 2 aromatic rings. The van der Waals surface area contributed by atoms with Crippen LogP contribution in [0.3, 0.4) is 0 Å². The Hall–Kier alpha value is -1.33. The van der Waals surface area contributed by atoms with Crippen molar-refractivity contribution in [3.63, 3.8) is 0 Å². The van der Waals surface area contributed by atoms with Crippen molar-refractivity contribution in [2.75, 3.05) is 19.8 Å². The number of hydrogen-bond donors (Lipinski definition) is 1. The lowest BCUT2D eigenvalue weighted by Gasteiger charge is -2.19. The summed E-state index contributed by atoms with van der Waals surface area (Å²) < 4.78 is 24.2. The number of nitrogens with zero attached hydrogens (tertiary/aromatic N) is 1. The van der Waals surface area contributed by atoms with E-state index in [4.69, 9.17) is 0 Å². The van der Waals surface area contributed by atoms with Crippen LogP contribution in [-0.2, 0) is 16.3 Å². The number of sulfone groups is 1. The van der Waals surface area contributed by atoms with Crippen LogP contribution < -0.4 is 0 Å². The van der Waals surface area contributed by atoms with Gasteiger partial charge in [-0.3, -0.25) is 0 Å². The molecule has 1 fully saturated rings. The van der Waals surface area contributed by atoms with Crippen LogP contribution in [0.15, 0.2) is 23.1 Å². The van der Waals surface area contributed by atoms with Crippen LogP contribution in [0.5, 0.6) is 0 Å². The van der Waals surface area contributed by atoms with Crippen molar-refractivity contribution < 1.29 is 8.42 Å². The molecule has 0 bridgehead atoms. The van der Waals surface area contributed by atoms with Gasteiger partial charge in [0.05, 0.1) is 4.90 Å². The Morgan fingerprint density at radius 1 is 1.38 bits per heavy atom. The highest BCUT2D eigenvalue weighted by Gasteiger charge is 2.25. The lowest BCUT2D eigenvalue weighted by molar-refractivity contribution is 0.309. The molecular weight excluding hydrogens is 284 g/mol. The molecule has 1 saturated heterocycles. The predicted molar refractivity (Wildman–Crippen MR) is 85.5 cm³/mol. The van der Waals surface area contributed by atoms with E-state index in [1.165, 1.54) is 19.1 Å². The molecule has 1 N–H and O–H groups in total. The minimum atomic E-state index is -3.22. The molecule has 5 heteroatoms. The summed E-state index contributed by atoms with van der Waals surface area (Å²) in [7, 11) is -1.07. The molecule has 0 unspecified atom stereocenters. The van der Waals surface area contributed by atoms with E-state index >= 15 is 0 Å². The average molecular weight is 306 g/mol. The van der Waals surface area contributed by atoms with E-state index in [-0.39, 0.29) is 0 Å². The number of H-pyrrole nitrogens is 1. The Bertz CT molecular complexity index is 777. The molecule has 114 valence electrons. The van der Waals surface area contributed by atoms with Crippen LogP contribution in [-0.4, -0.2) is 44.2 Å². The second kappa shape index (κ2) is 5.14. The molecule has 4 nitrogen and oxygen atoms in total. The average Bonchev–Trinajstić information content (AvgIpc) is 2.93. The summed E-state index contributed by atoms with van der Waals surface area (Å²) >= 11 is 0. The number of hydrogen-bond acceptors (Lipinski definition) is 3. The van der Waals surface area contributed by atoms with E-state index in [2.05, 4.69) is 16.9 Å². The number of nitrogens with one attached hydrogen (secondary N) is 1. The fourth-order valence-electron chi connectivity index (χ4n) is 3.45. The lowest BCUT2D eigenvalue weighted by Crippen LogP contribution is -2.27. The minimum Gasteiger partial charge on any atom is -0.358 e. The molecule has 21 heavy (non-hydrogen) atoms. The van der Waals surface area contributed by atoms with Crippen molar-refractivity contribution >= 4 is 20.7 Å². The fraction of sp³-hybridized carbons (Fsp3) is 0.500. The van der Waals surface area contributed by atoms with Crippen molar-refractivity contribution in [3.05, 3.63) is 29.5 Å². The largest absolute Gasteiger partial charge is 0.358 e. The normalized spacial score (nSPS) is 20.4. The van der Waals surface area contributed by atoms with Gasteiger partial charge in [0.15, 0.2) is 9.84 Å². The van der Waals surface area contributed by atoms with Crippen LogP contribution in [0.4, 0.5) is 0 Å². The van der Waals surface area contributed by atoms with Crippen molar-refractivity contribution in [2.45, 2.75) is 37.1 Å². The van der Waals surface area contributed by atoms with Gasteiger partial charge in [0.1, 0.15) is 0 Å². The van der Waals surface area contributed by atoms with E-state index in [0.29, 0.717) is 10.9 Å². The third kappa shape index (κ3) is 2.60. The zero-order chi connectivity index (χ0) is 15.2. The number of benzene rings is 1. The maximum absolute atomic E-state index is 12.1. The number of likely N-dealkylation sites (N-methyl/N-ethyl adjacent to an activating group) is 1. The summed E-state index contributed by atoms with van der Waals surface area (Å²) in [5.74, 6) is 0. The number of aromatic amines is 1. The Morgan fingerprint density at radius 3 is 2.76 bits per heavy atom. The van der Waals surface area contributed by atoms with E-state index in [9.17, 15) is 8.42 Å². The SMILES string of the molecule is Cc1[nH]c2cccc(S(C)(=O)=O)c2c1C[C@H]1CCCN1C. The van der Waals surface area contributed by atoms with Crippen molar-refractivity contribution in [2.24, 2.45) is 0 Å². The van der Waals surface area contributed by atoms with Gasteiger partial charge in [-0.25, -0.2) is 8.42 Å². The first-order valence-electron chi connectivity index (χ1n) is 7.38. The highest BCUT2D eigenvalue weighted by atomic mass is 32.2. The van der Waals surface area contributed by atoms with Gasteiger partial charge in [-0.05, 0) is 57.5 Å². The van der Waals surface area contributed by atoms with Gasteiger partial charge < -0.3 is 9.88 Å². The second-order valence-corrected chi connectivity index (χ2v) is 8.14. The predicted octanol–water partition coefficient (Wildman–Crippen LogP) is 2.52. The molecule has 0 amide bonds. The molecule has 3 rings (SSSR count). The number of likely N-dealkylation sites (tertiary alicyclic amines) is 1. The Kier molecular flexibility index (Phi) is 3.58. The lowest BCUT2D eigenvalue weighted by atomic mass is 10.0. The number of aryl methyl sites for hydroxylation is 1. The summed E-state index contributed by atoms with van der Waals surface area (Å²) in [6.07, 6.45) is 4.61. The smallest absolute Gasteiger partial charge is 0.176 e. The Labute approximate surface area is 126 Å². The zero-order valence-electron chi connectivity index (χ0n) is 12.8. The van der Waals surface area contributed by atoms with Crippen LogP contribution in [0.1, 0.15) is 24.1 Å². The quantitative estimate of drug-likeness (QED) is 0.948. The molecule has 0 radical (unpaired) electrons. The molecule has 1 aliphatic heterocycles. The second-order valence-electron chi connectivity index (χ2n) is 6.16. The minimum absolute atomic E-state index is 0.444. The standard InChI is InChI=1S/C16H22N2O2S/c1-11-13(10-12-6-5-9-18(12)2)16-14(17-11)7-4-8-15(16)21(3,19)20/h4,7-8,12,17H,5-6,9-10H2,1-3H3/t12-/m1/s1. The van der Waals surface area contributed by atoms with Gasteiger partial charge in [-0.1, -0.05) is 6.07 Å². The molecule has 0 aliphatic carbocycles. The summed E-state index contributed by atoms with van der Waals surface area (Å²) in [5.41, 5.74) is 3.16. The van der Waals surface area contributed by atoms with Crippen LogP contribution in [0, 0.1) is 6.92 Å². The first-order valence-corrected chi connectivity index (χ1v) is 9.27. The van der Waals surface area contributed by atoms with Crippen molar-refractivity contribution in [3.8, 4) is 0 Å². The molecule has 0 saturated carbocycles. The van der Waals surface area contributed by atoms with E-state index in [1.807, 2.05) is 13.0 Å². The van der Waals surface area contributed by atoms with Gasteiger partial charge in [-0.15, -0.1) is 0 Å². The van der Waals surface area contributed by atoms with Gasteiger partial charge in [0.25, 0.3) is 0 Å². The molecule has 1 aromatic heterocycles. The maximum atomic E-state index is 12.1. The van der Waals surface area contributed by atoms with Gasteiger partial charge in [-0.2, -0.15) is 0 Å². The summed E-state index contributed by atoms with van der Waals surface area (Å²) in [6, 6.07) is 5.99. The molecule has 0 spiro atoms. The van der Waals surface area contributed by atoms with E-state index in [0.717, 1.165) is 35.1 Å². The monoisotopic (exact) mass is 306 g/mol. The number of rotatable bonds is 3. The highest BCUT2D eigenvalue weighted by molar-refractivity contribution is 7.91. The third-order valence-electron chi connectivity index (χ3n) is 4.61. The van der Waals surface area contributed by atoms with Crippen LogP contribution in [0.2, 0.25) is 0 Å². The molecule has 1 aliphatic rings. The summed E-state index contributed by atoms with van der Waals surface area (Å²) in [4.78, 5) is 6.17. The van der Waals surface area contributed by atoms with Gasteiger partial charge in [0, 0.05) is 28.9 Å². The number of aromatic nitrogens is 1. The van der Waals surface area contributed by atoms with Gasteiger partial charge in [0.2, 0.25) is 0 Å². The van der Waals surface area contributed by atoms with E-state index in [1.54, 1.807) is 12.1 Å². The Balaban J connectivity index is 2.15. The van der Waals surface area contributed by atoms with E-state index < -0.39 is 9.84 Å². The summed E-state index contributed by atoms with van der Waals surface area (Å²) in [6.45, 7) is 3.17. The van der Waals surface area contributed by atoms with Gasteiger partial charge >= 0.3 is 0 Å². The third-order valence-corrected chi connectivity index (χ3v) is 5.75. The molecule has 1 atom stereocenters. The Morgan fingerprint density at radius 2 is 2.14 bits per heavy atom. The first-order chi connectivity index (χ1) is 9.88. The first kappa shape index (κ1) is 14.6. The molecule has 1 aromatic carbocycles. The van der Waals surface area contributed by atoms with Crippen LogP contribution in [0.25, 0.3) is 10.9 Å². The summed E-state index contributed by atoms with van der Waals surface area (Å²) in [5, 5.41) is 0.887. The molecular formula is C16H22N2O2S. The van der Waals surface area contributed by atoms with Crippen molar-refractivity contribution in [1.29, 1.82) is 0 Å². The zero-order valence-corrected chi connectivity index (χ0v) is 13.6. The van der Waals surface area contributed by atoms with Crippen LogP contribution >= 0.6 is 0 Å². The fourth-order valence-corrected chi connectivity index (χ4v) is 4.38.